The topological polar surface area (TPSA) is 79.1 Å². The minimum atomic E-state index is -4.47. The summed E-state index contributed by atoms with van der Waals surface area (Å²) in [6, 6.07) is 7.08. The van der Waals surface area contributed by atoms with Crippen LogP contribution in [-0.4, -0.2) is 55.7 Å². The molecule has 2 aromatic heterocycles. The normalized spacial score (nSPS) is 18.9. The first-order chi connectivity index (χ1) is 15.7. The van der Waals surface area contributed by atoms with Crippen LogP contribution >= 0.6 is 0 Å². The van der Waals surface area contributed by atoms with E-state index in [2.05, 4.69) is 25.2 Å². The lowest BCUT2D eigenvalue weighted by Crippen LogP contribution is -2.40. The Bertz CT molecular complexity index is 1150. The lowest BCUT2D eigenvalue weighted by molar-refractivity contribution is -0.137. The average Bonchev–Trinajstić information content (AvgIpc) is 3.48. The molecular weight excluding hydrogens is 433 g/mol. The molecule has 1 saturated heterocycles. The summed E-state index contributed by atoms with van der Waals surface area (Å²) in [6.07, 6.45) is 1.90. The molecule has 5 rings (SSSR count). The van der Waals surface area contributed by atoms with E-state index in [1.165, 1.54) is 6.07 Å². The summed E-state index contributed by atoms with van der Waals surface area (Å²) in [5.74, 6) is 1.22. The van der Waals surface area contributed by atoms with Crippen molar-refractivity contribution >= 4 is 5.95 Å². The van der Waals surface area contributed by atoms with Gasteiger partial charge in [-0.05, 0) is 50.9 Å². The third kappa shape index (κ3) is 4.58. The van der Waals surface area contributed by atoms with Crippen molar-refractivity contribution in [2.24, 2.45) is 0 Å². The number of likely N-dealkylation sites (tertiary alicyclic amines) is 1. The minimum absolute atomic E-state index is 0.291. The molecule has 2 fully saturated rings. The average molecular weight is 458 g/mol. The van der Waals surface area contributed by atoms with Crippen molar-refractivity contribution in [3.05, 3.63) is 54.0 Å². The third-order valence-electron chi connectivity index (χ3n) is 6.24. The SMILES string of the molecule is CN1CCC(O)(c2cn(-c3ccnc(NC4CC4)n3)c(-c3cccc(C(F)(F)F)c3)n2)CC1. The molecule has 174 valence electrons. The van der Waals surface area contributed by atoms with Crippen molar-refractivity contribution in [3.8, 4) is 17.2 Å². The molecular formula is C23H25F3N6O. The number of alkyl halides is 3. The maximum absolute atomic E-state index is 13.4. The molecule has 10 heteroatoms. The van der Waals surface area contributed by atoms with E-state index >= 15 is 0 Å². The smallest absolute Gasteiger partial charge is 0.383 e. The highest BCUT2D eigenvalue weighted by atomic mass is 19.4. The Balaban J connectivity index is 1.60. The number of aliphatic hydroxyl groups is 1. The van der Waals surface area contributed by atoms with Gasteiger partial charge in [0.25, 0.3) is 0 Å². The number of hydrogen-bond donors (Lipinski definition) is 2. The molecule has 0 spiro atoms. The molecule has 2 aliphatic rings. The summed E-state index contributed by atoms with van der Waals surface area (Å²) in [4.78, 5) is 15.6. The van der Waals surface area contributed by atoms with Crippen molar-refractivity contribution < 1.29 is 18.3 Å². The molecule has 3 heterocycles. The van der Waals surface area contributed by atoms with Crippen LogP contribution in [0.25, 0.3) is 17.2 Å². The van der Waals surface area contributed by atoms with Crippen LogP contribution < -0.4 is 5.32 Å². The maximum atomic E-state index is 13.4. The maximum Gasteiger partial charge on any atom is 0.416 e. The van der Waals surface area contributed by atoms with E-state index in [1.54, 1.807) is 29.1 Å². The van der Waals surface area contributed by atoms with Crippen LogP contribution in [0.3, 0.4) is 0 Å². The Morgan fingerprint density at radius 3 is 2.58 bits per heavy atom. The van der Waals surface area contributed by atoms with Gasteiger partial charge in [0, 0.05) is 37.1 Å². The lowest BCUT2D eigenvalue weighted by atomic mass is 9.89. The molecule has 0 atom stereocenters. The summed E-state index contributed by atoms with van der Waals surface area (Å²) >= 11 is 0. The van der Waals surface area contributed by atoms with Gasteiger partial charge in [-0.25, -0.2) is 9.97 Å². The summed E-state index contributed by atoms with van der Waals surface area (Å²) in [5, 5.41) is 14.6. The third-order valence-corrected chi connectivity index (χ3v) is 6.24. The number of rotatable bonds is 5. The Kier molecular flexibility index (Phi) is 5.37. The summed E-state index contributed by atoms with van der Waals surface area (Å²) in [6.45, 7) is 1.40. The quantitative estimate of drug-likeness (QED) is 0.605. The number of imidazole rings is 1. The fourth-order valence-corrected chi connectivity index (χ4v) is 4.03. The first-order valence-electron chi connectivity index (χ1n) is 11.0. The van der Waals surface area contributed by atoms with Gasteiger partial charge in [0.1, 0.15) is 17.2 Å². The van der Waals surface area contributed by atoms with Crippen LogP contribution in [0, 0.1) is 0 Å². The number of hydrogen-bond acceptors (Lipinski definition) is 6. The van der Waals surface area contributed by atoms with Crippen molar-refractivity contribution in [2.45, 2.75) is 43.5 Å². The number of anilines is 1. The highest BCUT2D eigenvalue weighted by Crippen LogP contribution is 2.36. The van der Waals surface area contributed by atoms with Crippen LogP contribution in [0.4, 0.5) is 19.1 Å². The zero-order chi connectivity index (χ0) is 23.2. The van der Waals surface area contributed by atoms with Crippen molar-refractivity contribution in [3.63, 3.8) is 0 Å². The second kappa shape index (κ2) is 8.11. The molecule has 0 bridgehead atoms. The molecule has 2 N–H and O–H groups in total. The van der Waals surface area contributed by atoms with E-state index in [0.717, 1.165) is 25.0 Å². The fraction of sp³-hybridized carbons (Fsp3) is 0.435. The van der Waals surface area contributed by atoms with Crippen LogP contribution in [-0.2, 0) is 11.8 Å². The molecule has 0 amide bonds. The van der Waals surface area contributed by atoms with E-state index in [9.17, 15) is 18.3 Å². The second-order valence-electron chi connectivity index (χ2n) is 8.89. The number of halogens is 3. The van der Waals surface area contributed by atoms with E-state index < -0.39 is 17.3 Å². The highest BCUT2D eigenvalue weighted by Gasteiger charge is 2.37. The Hall–Kier alpha value is -2.98. The Morgan fingerprint density at radius 1 is 1.12 bits per heavy atom. The Labute approximate surface area is 189 Å². The monoisotopic (exact) mass is 458 g/mol. The van der Waals surface area contributed by atoms with Crippen LogP contribution in [0.15, 0.2) is 42.7 Å². The van der Waals surface area contributed by atoms with E-state index in [1.807, 2.05) is 7.05 Å². The highest BCUT2D eigenvalue weighted by molar-refractivity contribution is 5.60. The van der Waals surface area contributed by atoms with Crippen LogP contribution in [0.2, 0.25) is 0 Å². The summed E-state index contributed by atoms with van der Waals surface area (Å²) < 4.78 is 41.8. The molecule has 0 unspecified atom stereocenters. The fourth-order valence-electron chi connectivity index (χ4n) is 4.03. The standard InChI is InChI=1S/C23H25F3N6O/c1-31-11-8-22(33,9-12-31)18-14-32(19-7-10-27-21(30-19)28-17-5-6-17)20(29-18)15-3-2-4-16(13-15)23(24,25)26/h2-4,7,10,13-14,17,33H,5-6,8-9,11-12H2,1H3,(H,27,28,30). The van der Waals surface area contributed by atoms with Gasteiger partial charge in [0.15, 0.2) is 0 Å². The zero-order valence-corrected chi connectivity index (χ0v) is 18.2. The minimum Gasteiger partial charge on any atom is -0.383 e. The number of benzene rings is 1. The van der Waals surface area contributed by atoms with Gasteiger partial charge in [-0.15, -0.1) is 0 Å². The largest absolute Gasteiger partial charge is 0.416 e. The summed E-state index contributed by atoms with van der Waals surface area (Å²) in [5.41, 5.74) is -1.19. The molecule has 3 aromatic rings. The molecule has 1 aliphatic heterocycles. The first kappa shape index (κ1) is 21.8. The molecule has 1 aliphatic carbocycles. The van der Waals surface area contributed by atoms with Gasteiger partial charge >= 0.3 is 6.18 Å². The number of nitrogens with one attached hydrogen (secondary N) is 1. The molecule has 1 aromatic carbocycles. The molecule has 7 nitrogen and oxygen atoms in total. The first-order valence-corrected chi connectivity index (χ1v) is 11.0. The van der Waals surface area contributed by atoms with Gasteiger partial charge in [0.05, 0.1) is 11.3 Å². The predicted molar refractivity (Wildman–Crippen MR) is 117 cm³/mol. The van der Waals surface area contributed by atoms with E-state index in [-0.39, 0.29) is 0 Å². The van der Waals surface area contributed by atoms with Crippen molar-refractivity contribution in [2.75, 3.05) is 25.5 Å². The van der Waals surface area contributed by atoms with E-state index in [0.29, 0.717) is 60.8 Å². The van der Waals surface area contributed by atoms with Gasteiger partial charge < -0.3 is 15.3 Å². The van der Waals surface area contributed by atoms with Crippen molar-refractivity contribution in [1.29, 1.82) is 0 Å². The Morgan fingerprint density at radius 2 is 1.88 bits per heavy atom. The number of piperidine rings is 1. The van der Waals surface area contributed by atoms with Crippen LogP contribution in [0.1, 0.15) is 36.9 Å². The number of nitrogens with zero attached hydrogens (tertiary/aromatic N) is 5. The summed E-state index contributed by atoms with van der Waals surface area (Å²) in [7, 11) is 1.99. The molecule has 33 heavy (non-hydrogen) atoms. The lowest BCUT2D eigenvalue weighted by Gasteiger charge is -2.35. The van der Waals surface area contributed by atoms with Gasteiger partial charge in [0.2, 0.25) is 5.95 Å². The molecule has 0 radical (unpaired) electrons. The van der Waals surface area contributed by atoms with Crippen molar-refractivity contribution in [1.82, 2.24) is 24.4 Å². The zero-order valence-electron chi connectivity index (χ0n) is 18.2. The van der Waals surface area contributed by atoms with Gasteiger partial charge in [-0.2, -0.15) is 18.2 Å². The second-order valence-corrected chi connectivity index (χ2v) is 8.89. The molecule has 1 saturated carbocycles. The van der Waals surface area contributed by atoms with E-state index in [4.69, 9.17) is 0 Å². The van der Waals surface area contributed by atoms with Crippen LogP contribution in [0.5, 0.6) is 0 Å². The number of aromatic nitrogens is 4. The predicted octanol–water partition coefficient (Wildman–Crippen LogP) is 3.84. The van der Waals surface area contributed by atoms with Gasteiger partial charge in [-0.3, -0.25) is 4.57 Å². The van der Waals surface area contributed by atoms with Gasteiger partial charge in [-0.1, -0.05) is 12.1 Å².